The fraction of sp³-hybridized carbons (Fsp3) is 0.143. The number of nitrogens with one attached hydrogen (secondary N) is 1. The van der Waals surface area contributed by atoms with E-state index >= 15 is 0 Å². The SMILES string of the molecule is Cc1nnc(SCc2c(C(=O)NCc3cccc(C(N)=O)c3)oc3ccccc23)s1. The van der Waals surface area contributed by atoms with Crippen LogP contribution in [0.5, 0.6) is 0 Å². The van der Waals surface area contributed by atoms with E-state index in [4.69, 9.17) is 10.2 Å². The van der Waals surface area contributed by atoms with Gasteiger partial charge in [-0.25, -0.2) is 0 Å². The first-order valence-corrected chi connectivity index (χ1v) is 10.9. The minimum Gasteiger partial charge on any atom is -0.451 e. The molecule has 0 saturated carbocycles. The van der Waals surface area contributed by atoms with Gasteiger partial charge < -0.3 is 15.5 Å². The van der Waals surface area contributed by atoms with Crippen LogP contribution < -0.4 is 11.1 Å². The van der Waals surface area contributed by atoms with E-state index in [0.717, 1.165) is 25.9 Å². The average molecular weight is 439 g/mol. The number of aromatic nitrogens is 2. The number of thioether (sulfide) groups is 1. The van der Waals surface area contributed by atoms with E-state index in [0.29, 0.717) is 16.9 Å². The molecule has 3 N–H and O–H groups in total. The first-order chi connectivity index (χ1) is 14.5. The summed E-state index contributed by atoms with van der Waals surface area (Å²) in [5.41, 5.74) is 7.96. The molecule has 0 saturated heterocycles. The smallest absolute Gasteiger partial charge is 0.287 e. The van der Waals surface area contributed by atoms with Gasteiger partial charge in [0.15, 0.2) is 10.1 Å². The van der Waals surface area contributed by atoms with Crippen LogP contribution in [0.2, 0.25) is 0 Å². The van der Waals surface area contributed by atoms with Gasteiger partial charge in [-0.1, -0.05) is 53.4 Å². The zero-order chi connectivity index (χ0) is 21.1. The van der Waals surface area contributed by atoms with Gasteiger partial charge in [0.05, 0.1) is 0 Å². The number of nitrogens with zero attached hydrogens (tertiary/aromatic N) is 2. The maximum absolute atomic E-state index is 12.9. The number of para-hydroxylation sites is 1. The van der Waals surface area contributed by atoms with Gasteiger partial charge in [-0.2, -0.15) is 0 Å². The summed E-state index contributed by atoms with van der Waals surface area (Å²) in [4.78, 5) is 24.3. The number of carbonyl (C=O) groups excluding carboxylic acids is 2. The third kappa shape index (κ3) is 4.37. The van der Waals surface area contributed by atoms with Crippen molar-refractivity contribution in [1.82, 2.24) is 15.5 Å². The lowest BCUT2D eigenvalue weighted by atomic mass is 10.1. The Morgan fingerprint density at radius 2 is 2.00 bits per heavy atom. The van der Waals surface area contributed by atoms with Gasteiger partial charge in [-0.15, -0.1) is 10.2 Å². The number of primary amides is 1. The van der Waals surface area contributed by atoms with E-state index < -0.39 is 5.91 Å². The largest absolute Gasteiger partial charge is 0.451 e. The van der Waals surface area contributed by atoms with E-state index in [9.17, 15) is 9.59 Å². The van der Waals surface area contributed by atoms with Crippen LogP contribution in [0.3, 0.4) is 0 Å². The van der Waals surface area contributed by atoms with Crippen LogP contribution in [0, 0.1) is 6.92 Å². The lowest BCUT2D eigenvalue weighted by molar-refractivity contribution is 0.0924. The highest BCUT2D eigenvalue weighted by atomic mass is 32.2. The summed E-state index contributed by atoms with van der Waals surface area (Å²) < 4.78 is 6.71. The highest BCUT2D eigenvalue weighted by molar-refractivity contribution is 8.00. The third-order valence-corrected chi connectivity index (χ3v) is 6.42. The van der Waals surface area contributed by atoms with Crippen molar-refractivity contribution in [1.29, 1.82) is 0 Å². The number of furan rings is 1. The summed E-state index contributed by atoms with van der Waals surface area (Å²) in [5, 5.41) is 12.8. The first-order valence-electron chi connectivity index (χ1n) is 9.11. The molecule has 7 nitrogen and oxygen atoms in total. The molecule has 2 aromatic carbocycles. The Bertz CT molecular complexity index is 1230. The number of amides is 2. The second-order valence-electron chi connectivity index (χ2n) is 6.53. The summed E-state index contributed by atoms with van der Waals surface area (Å²) >= 11 is 3.03. The molecule has 0 aliphatic carbocycles. The van der Waals surface area contributed by atoms with Gasteiger partial charge in [-0.05, 0) is 30.7 Å². The molecule has 4 aromatic rings. The van der Waals surface area contributed by atoms with Crippen LogP contribution in [-0.4, -0.2) is 22.0 Å². The summed E-state index contributed by atoms with van der Waals surface area (Å²) in [5.74, 6) is -0.0200. The zero-order valence-corrected chi connectivity index (χ0v) is 17.7. The average Bonchev–Trinajstić information content (AvgIpc) is 3.33. The molecule has 2 aromatic heterocycles. The molecular weight excluding hydrogens is 420 g/mol. The number of aryl methyl sites for hydroxylation is 1. The predicted octanol–water partition coefficient (Wildman–Crippen LogP) is 3.91. The van der Waals surface area contributed by atoms with E-state index in [1.54, 1.807) is 18.2 Å². The first kappa shape index (κ1) is 20.1. The van der Waals surface area contributed by atoms with Gasteiger partial charge in [0, 0.05) is 28.8 Å². The van der Waals surface area contributed by atoms with Crippen molar-refractivity contribution in [2.75, 3.05) is 0 Å². The number of nitrogens with two attached hydrogens (primary N) is 1. The summed E-state index contributed by atoms with van der Waals surface area (Å²) in [7, 11) is 0. The quantitative estimate of drug-likeness (QED) is 0.423. The van der Waals surface area contributed by atoms with Gasteiger partial charge in [-0.3, -0.25) is 9.59 Å². The van der Waals surface area contributed by atoms with Gasteiger partial charge in [0.25, 0.3) is 5.91 Å². The van der Waals surface area contributed by atoms with Crippen LogP contribution in [0.1, 0.15) is 37.0 Å². The molecule has 4 rings (SSSR count). The fourth-order valence-electron chi connectivity index (χ4n) is 2.99. The van der Waals surface area contributed by atoms with Crippen LogP contribution in [0.15, 0.2) is 57.3 Å². The van der Waals surface area contributed by atoms with Gasteiger partial charge >= 0.3 is 0 Å². The van der Waals surface area contributed by atoms with Gasteiger partial charge in [0.1, 0.15) is 10.6 Å². The number of fused-ring (bicyclic) bond motifs is 1. The molecule has 0 aliphatic rings. The van der Waals surface area contributed by atoms with Crippen LogP contribution >= 0.6 is 23.1 Å². The number of hydrogen-bond acceptors (Lipinski definition) is 7. The predicted molar refractivity (Wildman–Crippen MR) is 117 cm³/mol. The monoisotopic (exact) mass is 438 g/mol. The topological polar surface area (TPSA) is 111 Å². The maximum atomic E-state index is 12.9. The molecule has 0 fully saturated rings. The Kier molecular flexibility index (Phi) is 5.82. The minimum atomic E-state index is -0.508. The van der Waals surface area contributed by atoms with E-state index in [-0.39, 0.29) is 18.2 Å². The van der Waals surface area contributed by atoms with Crippen LogP contribution in [0.25, 0.3) is 11.0 Å². The molecule has 0 radical (unpaired) electrons. The van der Waals surface area contributed by atoms with Crippen molar-refractivity contribution >= 4 is 45.9 Å². The second-order valence-corrected chi connectivity index (χ2v) is 8.93. The molecule has 0 spiro atoms. The molecule has 0 unspecified atom stereocenters. The van der Waals surface area contributed by atoms with Crippen LogP contribution in [0.4, 0.5) is 0 Å². The number of hydrogen-bond donors (Lipinski definition) is 2. The number of carbonyl (C=O) groups is 2. The lowest BCUT2D eigenvalue weighted by Crippen LogP contribution is -2.23. The summed E-state index contributed by atoms with van der Waals surface area (Å²) in [6.45, 7) is 2.15. The Balaban J connectivity index is 1.55. The molecular formula is C21H18N4O3S2. The molecule has 9 heteroatoms. The Labute approximate surface area is 180 Å². The summed E-state index contributed by atoms with van der Waals surface area (Å²) in [6.07, 6.45) is 0. The summed E-state index contributed by atoms with van der Waals surface area (Å²) in [6, 6.07) is 14.4. The van der Waals surface area contributed by atoms with Crippen molar-refractivity contribution in [2.45, 2.75) is 23.6 Å². The van der Waals surface area contributed by atoms with E-state index in [1.165, 1.54) is 23.1 Å². The Morgan fingerprint density at radius 3 is 2.77 bits per heavy atom. The molecule has 152 valence electrons. The van der Waals surface area contributed by atoms with Crippen molar-refractivity contribution < 1.29 is 14.0 Å². The minimum absolute atomic E-state index is 0.249. The lowest BCUT2D eigenvalue weighted by Gasteiger charge is -2.06. The maximum Gasteiger partial charge on any atom is 0.287 e. The molecule has 0 atom stereocenters. The Hall–Kier alpha value is -3.17. The number of rotatable bonds is 7. The van der Waals surface area contributed by atoms with Crippen molar-refractivity contribution in [2.24, 2.45) is 5.73 Å². The Morgan fingerprint density at radius 1 is 1.17 bits per heavy atom. The van der Waals surface area contributed by atoms with E-state index in [2.05, 4.69) is 15.5 Å². The van der Waals surface area contributed by atoms with Gasteiger partial charge in [0.2, 0.25) is 5.91 Å². The molecule has 0 bridgehead atoms. The van der Waals surface area contributed by atoms with Crippen molar-refractivity contribution in [3.63, 3.8) is 0 Å². The van der Waals surface area contributed by atoms with Crippen LogP contribution in [-0.2, 0) is 12.3 Å². The van der Waals surface area contributed by atoms with Crippen molar-refractivity contribution in [3.05, 3.63) is 76.0 Å². The highest BCUT2D eigenvalue weighted by Crippen LogP contribution is 2.33. The highest BCUT2D eigenvalue weighted by Gasteiger charge is 2.21. The second kappa shape index (κ2) is 8.68. The molecule has 2 heterocycles. The standard InChI is InChI=1S/C21H18N4O3S2/c1-12-24-25-21(30-12)29-11-16-15-7-2-3-8-17(15)28-18(16)20(27)23-10-13-5-4-6-14(9-13)19(22)26/h2-9H,10-11H2,1H3,(H2,22,26)(H,23,27). The zero-order valence-electron chi connectivity index (χ0n) is 16.0. The molecule has 2 amide bonds. The fourth-order valence-corrected chi connectivity index (χ4v) is 4.84. The molecule has 0 aliphatic heterocycles. The normalized spacial score (nSPS) is 11.0. The third-order valence-electron chi connectivity index (χ3n) is 4.42. The number of benzene rings is 2. The van der Waals surface area contributed by atoms with Crippen molar-refractivity contribution in [3.8, 4) is 0 Å². The van der Waals surface area contributed by atoms with E-state index in [1.807, 2.05) is 37.3 Å². The molecule has 30 heavy (non-hydrogen) atoms.